The summed E-state index contributed by atoms with van der Waals surface area (Å²) in [6.45, 7) is 6.27. The number of hydrogen-bond acceptors (Lipinski definition) is 2. The highest BCUT2D eigenvalue weighted by Crippen LogP contribution is 2.29. The molecule has 0 amide bonds. The minimum absolute atomic E-state index is 0.187. The van der Waals surface area contributed by atoms with Gasteiger partial charge in [0.1, 0.15) is 0 Å². The Bertz CT molecular complexity index is 532. The molecule has 1 unspecified atom stereocenters. The third-order valence-electron chi connectivity index (χ3n) is 3.37. The first-order chi connectivity index (χ1) is 8.63. The minimum Gasteiger partial charge on any atom is -0.252 e. The quantitative estimate of drug-likeness (QED) is 0.638. The number of fused-ring (bicyclic) bond motifs is 1. The van der Waals surface area contributed by atoms with Gasteiger partial charge in [0.2, 0.25) is 0 Å². The molecule has 18 heavy (non-hydrogen) atoms. The molecule has 0 saturated carbocycles. The van der Waals surface area contributed by atoms with Crippen molar-refractivity contribution in [2.75, 3.05) is 0 Å². The van der Waals surface area contributed by atoms with Crippen LogP contribution in [-0.4, -0.2) is 11.4 Å². The van der Waals surface area contributed by atoms with Gasteiger partial charge in [0.25, 0.3) is 0 Å². The van der Waals surface area contributed by atoms with Crippen LogP contribution in [0.5, 0.6) is 0 Å². The lowest BCUT2D eigenvalue weighted by Gasteiger charge is -2.17. The van der Waals surface area contributed by atoms with Crippen molar-refractivity contribution in [1.82, 2.24) is 0 Å². The van der Waals surface area contributed by atoms with E-state index in [1.54, 1.807) is 0 Å². The van der Waals surface area contributed by atoms with E-state index in [0.29, 0.717) is 5.92 Å². The van der Waals surface area contributed by atoms with Crippen LogP contribution in [0, 0.1) is 0 Å². The lowest BCUT2D eigenvalue weighted by molar-refractivity contribution is -0.273. The highest BCUT2D eigenvalue weighted by molar-refractivity contribution is 5.87. The normalized spacial score (nSPS) is 13.2. The summed E-state index contributed by atoms with van der Waals surface area (Å²) in [6, 6.07) is 12.7. The Morgan fingerprint density at radius 2 is 1.78 bits per heavy atom. The molecule has 0 aromatic heterocycles. The molecule has 0 saturated heterocycles. The lowest BCUT2D eigenvalue weighted by atomic mass is 9.89. The summed E-state index contributed by atoms with van der Waals surface area (Å²) in [4.78, 5) is 4.44. The van der Waals surface area contributed by atoms with Crippen LogP contribution in [0.2, 0.25) is 0 Å². The van der Waals surface area contributed by atoms with Crippen LogP contribution in [-0.2, 0) is 11.3 Å². The smallest absolute Gasteiger partial charge is 0.0939 e. The Morgan fingerprint density at radius 1 is 1.06 bits per heavy atom. The predicted molar refractivity (Wildman–Crippen MR) is 74.9 cm³/mol. The van der Waals surface area contributed by atoms with E-state index in [-0.39, 0.29) is 6.10 Å². The average molecular weight is 244 g/mol. The van der Waals surface area contributed by atoms with Crippen molar-refractivity contribution in [3.05, 3.63) is 47.5 Å². The second kappa shape index (κ2) is 5.51. The van der Waals surface area contributed by atoms with Gasteiger partial charge in [-0.25, -0.2) is 4.89 Å². The third kappa shape index (κ3) is 2.55. The van der Waals surface area contributed by atoms with E-state index in [1.165, 1.54) is 21.9 Å². The van der Waals surface area contributed by atoms with Crippen LogP contribution in [0.15, 0.2) is 36.4 Å². The minimum atomic E-state index is -0.187. The predicted octanol–water partition coefficient (Wildman–Crippen LogP) is 4.38. The number of rotatable bonds is 4. The summed E-state index contributed by atoms with van der Waals surface area (Å²) < 4.78 is 0. The van der Waals surface area contributed by atoms with Crippen LogP contribution >= 0.6 is 0 Å². The zero-order valence-corrected chi connectivity index (χ0v) is 11.2. The van der Waals surface area contributed by atoms with Gasteiger partial charge in [0.15, 0.2) is 0 Å². The summed E-state index contributed by atoms with van der Waals surface area (Å²) in [6.07, 6.45) is 0.541. The number of hydrogen-bond donors (Lipinski definition) is 1. The SMILES string of the molecule is CC(Cc1c(C(C)C)ccc2ccccc12)OO. The van der Waals surface area contributed by atoms with Gasteiger partial charge in [-0.2, -0.15) is 0 Å². The van der Waals surface area contributed by atoms with Crippen LogP contribution in [0.1, 0.15) is 37.8 Å². The molecule has 0 spiro atoms. The van der Waals surface area contributed by atoms with Crippen molar-refractivity contribution in [2.45, 2.75) is 39.2 Å². The van der Waals surface area contributed by atoms with Gasteiger partial charge in [-0.15, -0.1) is 0 Å². The summed E-state index contributed by atoms with van der Waals surface area (Å²) >= 11 is 0. The Kier molecular flexibility index (Phi) is 4.00. The van der Waals surface area contributed by atoms with Gasteiger partial charge < -0.3 is 0 Å². The van der Waals surface area contributed by atoms with Gasteiger partial charge in [-0.3, -0.25) is 5.26 Å². The van der Waals surface area contributed by atoms with Gasteiger partial charge in [-0.1, -0.05) is 50.2 Å². The molecule has 2 aromatic rings. The Morgan fingerprint density at radius 3 is 2.44 bits per heavy atom. The van der Waals surface area contributed by atoms with Crippen LogP contribution in [0.4, 0.5) is 0 Å². The molecular formula is C16H20O2. The molecule has 1 N–H and O–H groups in total. The molecule has 0 bridgehead atoms. The molecule has 2 nitrogen and oxygen atoms in total. The molecular weight excluding hydrogens is 224 g/mol. The van der Waals surface area contributed by atoms with Crippen LogP contribution in [0.25, 0.3) is 10.8 Å². The highest BCUT2D eigenvalue weighted by Gasteiger charge is 2.13. The number of benzene rings is 2. The first-order valence-electron chi connectivity index (χ1n) is 6.44. The van der Waals surface area contributed by atoms with Gasteiger partial charge in [-0.05, 0) is 34.7 Å². The zero-order valence-electron chi connectivity index (χ0n) is 11.2. The van der Waals surface area contributed by atoms with Crippen molar-refractivity contribution in [3.8, 4) is 0 Å². The summed E-state index contributed by atoms with van der Waals surface area (Å²) in [5.41, 5.74) is 2.61. The fourth-order valence-electron chi connectivity index (χ4n) is 2.45. The zero-order chi connectivity index (χ0) is 13.1. The largest absolute Gasteiger partial charge is 0.252 e. The van der Waals surface area contributed by atoms with Crippen molar-refractivity contribution in [2.24, 2.45) is 0 Å². The van der Waals surface area contributed by atoms with Crippen molar-refractivity contribution in [1.29, 1.82) is 0 Å². The molecule has 1 atom stereocenters. The lowest BCUT2D eigenvalue weighted by Crippen LogP contribution is -2.11. The average Bonchev–Trinajstić information content (AvgIpc) is 2.38. The Labute approximate surface area is 108 Å². The summed E-state index contributed by atoms with van der Waals surface area (Å²) in [5.74, 6) is 0.468. The topological polar surface area (TPSA) is 29.5 Å². The van der Waals surface area contributed by atoms with E-state index in [9.17, 15) is 0 Å². The van der Waals surface area contributed by atoms with E-state index < -0.39 is 0 Å². The van der Waals surface area contributed by atoms with Crippen LogP contribution in [0.3, 0.4) is 0 Å². The summed E-state index contributed by atoms with van der Waals surface area (Å²) in [7, 11) is 0. The maximum absolute atomic E-state index is 8.80. The molecule has 0 heterocycles. The molecule has 2 heteroatoms. The molecule has 0 aliphatic heterocycles. The molecule has 2 aromatic carbocycles. The Balaban J connectivity index is 2.59. The van der Waals surface area contributed by atoms with Crippen molar-refractivity contribution < 1.29 is 10.1 Å². The van der Waals surface area contributed by atoms with Gasteiger partial charge >= 0.3 is 0 Å². The van der Waals surface area contributed by atoms with Gasteiger partial charge in [0, 0.05) is 6.42 Å². The molecule has 0 fully saturated rings. The fraction of sp³-hybridized carbons (Fsp3) is 0.375. The van der Waals surface area contributed by atoms with E-state index in [2.05, 4.69) is 49.1 Å². The molecule has 0 aliphatic carbocycles. The first kappa shape index (κ1) is 13.1. The fourth-order valence-corrected chi connectivity index (χ4v) is 2.45. The highest BCUT2D eigenvalue weighted by atomic mass is 17.1. The maximum atomic E-state index is 8.80. The second-order valence-electron chi connectivity index (χ2n) is 5.13. The maximum Gasteiger partial charge on any atom is 0.0939 e. The van der Waals surface area contributed by atoms with Gasteiger partial charge in [0.05, 0.1) is 6.10 Å². The van der Waals surface area contributed by atoms with E-state index in [1.807, 2.05) is 13.0 Å². The monoisotopic (exact) mass is 244 g/mol. The molecule has 0 radical (unpaired) electrons. The van der Waals surface area contributed by atoms with Crippen molar-refractivity contribution in [3.63, 3.8) is 0 Å². The summed E-state index contributed by atoms with van der Waals surface area (Å²) in [5, 5.41) is 11.3. The molecule has 0 aliphatic rings. The van der Waals surface area contributed by atoms with Crippen LogP contribution < -0.4 is 0 Å². The molecule has 96 valence electrons. The van der Waals surface area contributed by atoms with Crippen molar-refractivity contribution >= 4 is 10.8 Å². The van der Waals surface area contributed by atoms with E-state index >= 15 is 0 Å². The first-order valence-corrected chi connectivity index (χ1v) is 6.44. The second-order valence-corrected chi connectivity index (χ2v) is 5.13. The third-order valence-corrected chi connectivity index (χ3v) is 3.37. The Hall–Kier alpha value is -1.38. The van der Waals surface area contributed by atoms with E-state index in [0.717, 1.165) is 6.42 Å². The molecule has 2 rings (SSSR count). The standard InChI is InChI=1S/C16H20O2/c1-11(2)14-9-8-13-6-4-5-7-15(13)16(14)10-12(3)18-17/h4-9,11-12,17H,10H2,1-3H3. The van der Waals surface area contributed by atoms with E-state index in [4.69, 9.17) is 5.26 Å².